The molecule has 1 aromatic carbocycles. The minimum atomic E-state index is -2.66. The van der Waals surface area contributed by atoms with Gasteiger partial charge in [-0.25, -0.2) is 0 Å². The highest BCUT2D eigenvalue weighted by Crippen LogP contribution is 2.36. The molecule has 0 N–H and O–H groups in total. The van der Waals surface area contributed by atoms with E-state index in [9.17, 15) is 4.79 Å². The molecule has 0 aromatic heterocycles. The molecule has 17 heavy (non-hydrogen) atoms. The van der Waals surface area contributed by atoms with Gasteiger partial charge in [0.1, 0.15) is 0 Å². The first kappa shape index (κ1) is 6.94. The summed E-state index contributed by atoms with van der Waals surface area (Å²) < 4.78 is 54.6. The van der Waals surface area contributed by atoms with Crippen LogP contribution in [0.5, 0.6) is 0 Å². The van der Waals surface area contributed by atoms with Gasteiger partial charge in [-0.15, -0.1) is 0 Å². The van der Waals surface area contributed by atoms with E-state index in [-0.39, 0.29) is 6.42 Å². The van der Waals surface area contributed by atoms with Crippen molar-refractivity contribution in [3.63, 3.8) is 0 Å². The summed E-state index contributed by atoms with van der Waals surface area (Å²) in [7, 11) is 0. The van der Waals surface area contributed by atoms with Crippen LogP contribution in [0.4, 0.5) is 0 Å². The molecule has 0 radical (unpaired) electrons. The number of halogens is 1. The van der Waals surface area contributed by atoms with E-state index in [0.717, 1.165) is 0 Å². The average Bonchev–Trinajstić information content (AvgIpc) is 2.40. The van der Waals surface area contributed by atoms with Crippen molar-refractivity contribution < 1.29 is 14.4 Å². The zero-order valence-electron chi connectivity index (χ0n) is 17.5. The summed E-state index contributed by atoms with van der Waals surface area (Å²) in [5, 5.41) is -0.428. The number of carbonyl (C=O) groups excluding carboxylic acids is 1. The smallest absolute Gasteiger partial charge is 0.168 e. The Morgan fingerprint density at radius 1 is 1.41 bits per heavy atom. The van der Waals surface area contributed by atoms with Gasteiger partial charge in [-0.2, -0.15) is 0 Å². The van der Waals surface area contributed by atoms with Crippen molar-refractivity contribution in [1.82, 2.24) is 0 Å². The van der Waals surface area contributed by atoms with Crippen LogP contribution in [0.1, 0.15) is 60.9 Å². The highest BCUT2D eigenvalue weighted by atomic mass is 35.5. The van der Waals surface area contributed by atoms with Gasteiger partial charge in [0.25, 0.3) is 0 Å². The van der Waals surface area contributed by atoms with Crippen LogP contribution in [0.25, 0.3) is 0 Å². The summed E-state index contributed by atoms with van der Waals surface area (Å²) in [6, 6.07) is -2.32. The molecular formula is C15H21ClO. The summed E-state index contributed by atoms with van der Waals surface area (Å²) in [4.78, 5) is 13.0. The maximum Gasteiger partial charge on any atom is 0.168 e. The van der Waals surface area contributed by atoms with Crippen molar-refractivity contribution in [2.75, 3.05) is 0 Å². The summed E-state index contributed by atoms with van der Waals surface area (Å²) in [5.41, 5.74) is -2.84. The molecule has 1 atom stereocenters. The molecule has 0 saturated heterocycles. The quantitative estimate of drug-likeness (QED) is 0.700. The lowest BCUT2D eigenvalue weighted by atomic mass is 9.72. The molecule has 0 amide bonds. The van der Waals surface area contributed by atoms with Crippen molar-refractivity contribution >= 4 is 17.4 Å². The van der Waals surface area contributed by atoms with Gasteiger partial charge in [-0.3, -0.25) is 4.79 Å². The third-order valence-electron chi connectivity index (χ3n) is 2.21. The molecule has 0 aliphatic carbocycles. The van der Waals surface area contributed by atoms with Crippen LogP contribution in [0.15, 0.2) is 24.2 Å². The third kappa shape index (κ3) is 4.16. The van der Waals surface area contributed by atoms with Crippen molar-refractivity contribution in [3.8, 4) is 0 Å². The molecule has 0 spiro atoms. The molecule has 1 nitrogen and oxygen atoms in total. The Hall–Kier alpha value is -0.820. The third-order valence-corrected chi connectivity index (χ3v) is 2.40. The van der Waals surface area contributed by atoms with Crippen molar-refractivity contribution in [2.24, 2.45) is 10.8 Å². The Bertz CT molecular complexity index is 647. The molecule has 0 saturated carbocycles. The van der Waals surface area contributed by atoms with Gasteiger partial charge in [0, 0.05) is 20.1 Å². The SMILES string of the molecule is [2H]c1c([2H])c(Cl)c([2H])c(C(=O)[C@](C)(CC(C)(C)C)C([2H])([2H])[2H])c1[2H]. The first-order valence-corrected chi connectivity index (χ1v) is 5.73. The number of benzene rings is 1. The van der Waals surface area contributed by atoms with Crippen LogP contribution in [-0.2, 0) is 0 Å². The van der Waals surface area contributed by atoms with E-state index < -0.39 is 58.2 Å². The molecule has 1 rings (SSSR count). The van der Waals surface area contributed by atoms with E-state index in [0.29, 0.717) is 0 Å². The molecular weight excluding hydrogens is 232 g/mol. The second-order valence-electron chi connectivity index (χ2n) is 5.59. The Morgan fingerprint density at radius 3 is 2.59 bits per heavy atom. The number of Topliss-reactive ketones (excluding diaryl/α,β-unsaturated/α-hetero) is 1. The lowest BCUT2D eigenvalue weighted by molar-refractivity contribution is 0.0770. The van der Waals surface area contributed by atoms with E-state index in [1.165, 1.54) is 6.92 Å². The molecule has 0 fully saturated rings. The predicted octanol–water partition coefficient (Wildman–Crippen LogP) is 4.99. The Labute approximate surface area is 119 Å². The summed E-state index contributed by atoms with van der Waals surface area (Å²) in [6.45, 7) is 4.01. The summed E-state index contributed by atoms with van der Waals surface area (Å²) in [5.74, 6) is -0.914. The summed E-state index contributed by atoms with van der Waals surface area (Å²) in [6.07, 6.45) is 0.00178. The van der Waals surface area contributed by atoms with Gasteiger partial charge < -0.3 is 0 Å². The average molecular weight is 260 g/mol. The lowest BCUT2D eigenvalue weighted by Gasteiger charge is -2.31. The van der Waals surface area contributed by atoms with Gasteiger partial charge in [0.2, 0.25) is 0 Å². The van der Waals surface area contributed by atoms with Crippen molar-refractivity contribution in [3.05, 3.63) is 34.8 Å². The number of hydrogen-bond acceptors (Lipinski definition) is 1. The van der Waals surface area contributed by atoms with E-state index in [1.54, 1.807) is 20.8 Å². The maximum absolute atomic E-state index is 13.0. The second-order valence-corrected chi connectivity index (χ2v) is 5.97. The highest BCUT2D eigenvalue weighted by Gasteiger charge is 2.33. The van der Waals surface area contributed by atoms with Gasteiger partial charge in [-0.05, 0) is 23.9 Å². The first-order chi connectivity index (χ1) is 10.5. The molecule has 0 bridgehead atoms. The van der Waals surface area contributed by atoms with Crippen molar-refractivity contribution in [1.29, 1.82) is 0 Å². The molecule has 0 unspecified atom stereocenters. The number of ketones is 1. The molecule has 94 valence electrons. The van der Waals surface area contributed by atoms with Gasteiger partial charge in [0.05, 0.1) is 5.48 Å². The normalized spacial score (nSPS) is 22.1. The van der Waals surface area contributed by atoms with Gasteiger partial charge >= 0.3 is 0 Å². The first-order valence-electron chi connectivity index (χ1n) is 8.85. The molecule has 0 aliphatic rings. The van der Waals surface area contributed by atoms with Crippen LogP contribution in [0, 0.1) is 10.8 Å². The monoisotopic (exact) mass is 259 g/mol. The predicted molar refractivity (Wildman–Crippen MR) is 73.6 cm³/mol. The van der Waals surface area contributed by atoms with Crippen LogP contribution in [0.2, 0.25) is 5.02 Å². The molecule has 1 aromatic rings. The fraction of sp³-hybridized carbons (Fsp3) is 0.533. The lowest BCUT2D eigenvalue weighted by Crippen LogP contribution is -2.29. The molecule has 0 heterocycles. The Morgan fingerprint density at radius 2 is 2.06 bits per heavy atom. The zero-order valence-corrected chi connectivity index (χ0v) is 11.2. The van der Waals surface area contributed by atoms with Crippen LogP contribution >= 0.6 is 11.6 Å². The fourth-order valence-electron chi connectivity index (χ4n) is 1.85. The largest absolute Gasteiger partial charge is 0.294 e. The fourth-order valence-corrected chi connectivity index (χ4v) is 1.99. The topological polar surface area (TPSA) is 17.1 Å². The highest BCUT2D eigenvalue weighted by molar-refractivity contribution is 6.31. The minimum absolute atomic E-state index is 0.00178. The van der Waals surface area contributed by atoms with E-state index >= 15 is 0 Å². The zero-order chi connectivity index (χ0) is 19.2. The standard InChI is InChI=1S/C15H21ClO/c1-14(2,3)10-15(4,5)13(17)11-7-6-8-12(16)9-11/h6-9H,10H2,1-5H3/i4D3,6D,7D,8D,9D/t15-/m1/s1. The number of rotatable bonds is 3. The van der Waals surface area contributed by atoms with Crippen LogP contribution in [-0.4, -0.2) is 5.78 Å². The second kappa shape index (κ2) is 4.81. The van der Waals surface area contributed by atoms with Gasteiger partial charge in [0.15, 0.2) is 5.78 Å². The van der Waals surface area contributed by atoms with E-state index in [4.69, 9.17) is 21.2 Å². The number of carbonyl (C=O) groups is 1. The van der Waals surface area contributed by atoms with Crippen LogP contribution < -0.4 is 0 Å². The van der Waals surface area contributed by atoms with Crippen LogP contribution in [0.3, 0.4) is 0 Å². The van der Waals surface area contributed by atoms with Gasteiger partial charge in [-0.1, -0.05) is 58.2 Å². The Kier molecular flexibility index (Phi) is 1.96. The molecule has 2 heteroatoms. The summed E-state index contributed by atoms with van der Waals surface area (Å²) >= 11 is 5.83. The van der Waals surface area contributed by atoms with E-state index in [1.807, 2.05) is 0 Å². The Balaban J connectivity index is 3.70. The maximum atomic E-state index is 13.0. The minimum Gasteiger partial charge on any atom is -0.294 e. The van der Waals surface area contributed by atoms with Crippen molar-refractivity contribution in [2.45, 2.75) is 41.0 Å². The molecule has 0 aliphatic heterocycles. The van der Waals surface area contributed by atoms with E-state index in [2.05, 4.69) is 0 Å². The number of hydrogen-bond donors (Lipinski definition) is 0.